The van der Waals surface area contributed by atoms with E-state index in [1.165, 1.54) is 19.2 Å². The van der Waals surface area contributed by atoms with Crippen LogP contribution in [0.5, 0.6) is 11.5 Å². The van der Waals surface area contributed by atoms with Crippen molar-refractivity contribution in [3.63, 3.8) is 0 Å². The zero-order valence-electron chi connectivity index (χ0n) is 17.1. The Morgan fingerprint density at radius 3 is 1.90 bits per heavy atom. The van der Waals surface area contributed by atoms with Gasteiger partial charge in [0.15, 0.2) is 0 Å². The Balaban J connectivity index is 2.01. The summed E-state index contributed by atoms with van der Waals surface area (Å²) in [5.41, 5.74) is 1.30. The highest BCUT2D eigenvalue weighted by atomic mass is 31.2. The molecule has 0 saturated heterocycles. The van der Waals surface area contributed by atoms with Crippen molar-refractivity contribution < 1.29 is 37.8 Å². The molecule has 2 aromatic rings. The molecule has 0 saturated carbocycles. The Labute approximate surface area is 175 Å². The van der Waals surface area contributed by atoms with Gasteiger partial charge in [-0.05, 0) is 35.4 Å². The molecule has 1 atom stereocenters. The predicted molar refractivity (Wildman–Crippen MR) is 109 cm³/mol. The second-order valence-corrected chi connectivity index (χ2v) is 8.83. The lowest BCUT2D eigenvalue weighted by molar-refractivity contribution is -0.138. The van der Waals surface area contributed by atoms with Crippen molar-refractivity contribution >= 4 is 19.5 Å². The fourth-order valence-corrected chi connectivity index (χ4v) is 3.57. The minimum Gasteiger partial charge on any atom is -0.508 e. The fraction of sp³-hybridized carbons (Fsp3) is 0.333. The van der Waals surface area contributed by atoms with Crippen molar-refractivity contribution in [1.29, 1.82) is 0 Å². The van der Waals surface area contributed by atoms with E-state index in [0.29, 0.717) is 16.9 Å². The zero-order valence-corrected chi connectivity index (χ0v) is 18.0. The molecule has 0 aliphatic heterocycles. The summed E-state index contributed by atoms with van der Waals surface area (Å²) in [6.07, 6.45) is -0.536. The van der Waals surface area contributed by atoms with E-state index in [1.54, 1.807) is 50.2 Å². The third-order valence-corrected chi connectivity index (χ3v) is 5.65. The van der Waals surface area contributed by atoms with Crippen molar-refractivity contribution in [2.45, 2.75) is 27.1 Å². The van der Waals surface area contributed by atoms with E-state index < -0.39 is 19.7 Å². The van der Waals surface area contributed by atoms with E-state index in [4.69, 9.17) is 13.8 Å². The highest BCUT2D eigenvalue weighted by Gasteiger charge is 2.29. The van der Waals surface area contributed by atoms with Gasteiger partial charge >= 0.3 is 19.5 Å². The molecule has 0 bridgehead atoms. The third kappa shape index (κ3) is 7.63. The van der Waals surface area contributed by atoms with Gasteiger partial charge in [0.2, 0.25) is 0 Å². The number of phenolic OH excluding ortho intramolecular Hbond substituents is 1. The molecule has 30 heavy (non-hydrogen) atoms. The van der Waals surface area contributed by atoms with Crippen molar-refractivity contribution in [3.05, 3.63) is 59.7 Å². The summed E-state index contributed by atoms with van der Waals surface area (Å²) in [6, 6.07) is 12.7. The van der Waals surface area contributed by atoms with Gasteiger partial charge in [0.1, 0.15) is 17.7 Å². The zero-order chi connectivity index (χ0) is 22.1. The molecule has 0 aliphatic rings. The van der Waals surface area contributed by atoms with E-state index in [2.05, 4.69) is 4.74 Å². The third-order valence-electron chi connectivity index (χ3n) is 3.96. The first kappa shape index (κ1) is 23.6. The molecule has 0 aliphatic carbocycles. The minimum atomic E-state index is -3.80. The molecular formula is C21H25O8P. The molecule has 9 heteroatoms. The maximum Gasteiger partial charge on any atom is 0.342 e. The van der Waals surface area contributed by atoms with Crippen molar-refractivity contribution in [2.24, 2.45) is 5.92 Å². The van der Waals surface area contributed by atoms with E-state index in [9.17, 15) is 19.3 Å². The molecule has 1 unspecified atom stereocenters. The van der Waals surface area contributed by atoms with Crippen molar-refractivity contribution in [2.75, 3.05) is 13.3 Å². The standard InChI is InChI=1S/C21H25O8P/c1-15(2)21(24)29-19-10-6-17(7-11-19)13-28-30(25,14-20(23)26-3)27-12-16-4-8-18(22)9-5-16/h4-11,15,22H,12-14H2,1-3H3. The maximum atomic E-state index is 13.0. The summed E-state index contributed by atoms with van der Waals surface area (Å²) < 4.78 is 33.7. The summed E-state index contributed by atoms with van der Waals surface area (Å²) >= 11 is 0. The predicted octanol–water partition coefficient (Wildman–Crippen LogP) is 4.05. The Morgan fingerprint density at radius 2 is 1.43 bits per heavy atom. The number of aromatic hydroxyl groups is 1. The van der Waals surface area contributed by atoms with Crippen LogP contribution in [0.15, 0.2) is 48.5 Å². The van der Waals surface area contributed by atoms with Gasteiger partial charge in [-0.25, -0.2) is 0 Å². The number of carbonyl (C=O) groups excluding carboxylic acids is 2. The first-order valence-corrected chi connectivity index (χ1v) is 11.0. The Morgan fingerprint density at radius 1 is 0.933 bits per heavy atom. The molecule has 0 spiro atoms. The summed E-state index contributed by atoms with van der Waals surface area (Å²) in [6.45, 7) is 3.32. The number of benzene rings is 2. The lowest BCUT2D eigenvalue weighted by atomic mass is 10.2. The second-order valence-electron chi connectivity index (χ2n) is 6.78. The molecule has 8 nitrogen and oxygen atoms in total. The van der Waals surface area contributed by atoms with Crippen LogP contribution in [0, 0.1) is 5.92 Å². The van der Waals surface area contributed by atoms with Crippen LogP contribution in [0.3, 0.4) is 0 Å². The summed E-state index contributed by atoms with van der Waals surface area (Å²) in [5, 5.41) is 9.33. The smallest absolute Gasteiger partial charge is 0.342 e. The van der Waals surface area contributed by atoms with Crippen molar-refractivity contribution in [1.82, 2.24) is 0 Å². The monoisotopic (exact) mass is 436 g/mol. The van der Waals surface area contributed by atoms with Gasteiger partial charge in [0, 0.05) is 0 Å². The Bertz CT molecular complexity index is 890. The van der Waals surface area contributed by atoms with Crippen LogP contribution in [-0.2, 0) is 41.2 Å². The fourth-order valence-electron chi connectivity index (χ4n) is 2.18. The molecule has 0 heterocycles. The average molecular weight is 436 g/mol. The van der Waals surface area contributed by atoms with E-state index in [-0.39, 0.29) is 30.9 Å². The molecule has 0 radical (unpaired) electrons. The van der Waals surface area contributed by atoms with Gasteiger partial charge in [-0.2, -0.15) is 0 Å². The number of phenols is 1. The van der Waals surface area contributed by atoms with Crippen LogP contribution < -0.4 is 4.74 Å². The van der Waals surface area contributed by atoms with Crippen LogP contribution in [-0.4, -0.2) is 30.3 Å². The number of rotatable bonds is 10. The average Bonchev–Trinajstić information content (AvgIpc) is 2.73. The summed E-state index contributed by atoms with van der Waals surface area (Å²) in [4.78, 5) is 23.3. The van der Waals surface area contributed by atoms with E-state index >= 15 is 0 Å². The van der Waals surface area contributed by atoms with Crippen LogP contribution in [0.1, 0.15) is 25.0 Å². The number of hydrogen-bond acceptors (Lipinski definition) is 8. The highest BCUT2D eigenvalue weighted by Crippen LogP contribution is 2.49. The van der Waals surface area contributed by atoms with Gasteiger partial charge in [0.25, 0.3) is 0 Å². The van der Waals surface area contributed by atoms with Crippen LogP contribution in [0.2, 0.25) is 0 Å². The normalized spacial score (nSPS) is 12.9. The lowest BCUT2D eigenvalue weighted by Crippen LogP contribution is -2.14. The molecule has 0 amide bonds. The number of hydrogen-bond donors (Lipinski definition) is 1. The van der Waals surface area contributed by atoms with Crippen LogP contribution in [0.25, 0.3) is 0 Å². The lowest BCUT2D eigenvalue weighted by Gasteiger charge is -2.18. The van der Waals surface area contributed by atoms with Gasteiger partial charge in [-0.3, -0.25) is 14.2 Å². The summed E-state index contributed by atoms with van der Waals surface area (Å²) in [7, 11) is -2.62. The number of ether oxygens (including phenoxy) is 2. The summed E-state index contributed by atoms with van der Waals surface area (Å²) in [5.74, 6) is -0.832. The largest absolute Gasteiger partial charge is 0.508 e. The van der Waals surface area contributed by atoms with E-state index in [0.717, 1.165) is 0 Å². The number of esters is 2. The Hall–Kier alpha value is -2.67. The van der Waals surface area contributed by atoms with Crippen LogP contribution >= 0.6 is 7.60 Å². The first-order chi connectivity index (χ1) is 14.2. The molecule has 162 valence electrons. The van der Waals surface area contributed by atoms with Gasteiger partial charge in [-0.1, -0.05) is 38.1 Å². The highest BCUT2D eigenvalue weighted by molar-refractivity contribution is 7.54. The van der Waals surface area contributed by atoms with Gasteiger partial charge in [0.05, 0.1) is 26.2 Å². The first-order valence-electron chi connectivity index (χ1n) is 9.24. The molecule has 2 rings (SSSR count). The molecular weight excluding hydrogens is 411 g/mol. The molecule has 1 N–H and O–H groups in total. The quantitative estimate of drug-likeness (QED) is 0.338. The molecule has 0 fully saturated rings. The van der Waals surface area contributed by atoms with Gasteiger partial charge < -0.3 is 23.6 Å². The maximum absolute atomic E-state index is 13.0. The number of carbonyl (C=O) groups is 2. The Kier molecular flexibility index (Phi) is 8.59. The minimum absolute atomic E-state index is 0.0708. The SMILES string of the molecule is COC(=O)CP(=O)(OCc1ccc(O)cc1)OCc1ccc(OC(=O)C(C)C)cc1. The second kappa shape index (κ2) is 10.9. The topological polar surface area (TPSA) is 108 Å². The van der Waals surface area contributed by atoms with Crippen LogP contribution in [0.4, 0.5) is 0 Å². The van der Waals surface area contributed by atoms with Gasteiger partial charge in [-0.15, -0.1) is 0 Å². The molecule has 2 aromatic carbocycles. The van der Waals surface area contributed by atoms with Crippen molar-refractivity contribution in [3.8, 4) is 11.5 Å². The number of methoxy groups -OCH3 is 1. The van der Waals surface area contributed by atoms with E-state index in [1.807, 2.05) is 0 Å². The molecule has 0 aromatic heterocycles.